The minimum Gasteiger partial charge on any atom is -0.297 e. The molecule has 1 aliphatic rings. The first kappa shape index (κ1) is 16.4. The second-order valence-corrected chi connectivity index (χ2v) is 6.14. The fourth-order valence-electron chi connectivity index (χ4n) is 3.44. The van der Waals surface area contributed by atoms with E-state index in [9.17, 15) is 9.18 Å². The molecule has 0 radical (unpaired) electrons. The SMILES string of the molecule is CCC(CC)(C(=O)Cc1c(F)cccc1Cl)N1CCCC1. The fourth-order valence-corrected chi connectivity index (χ4v) is 3.67. The third kappa shape index (κ3) is 3.14. The Labute approximate surface area is 131 Å². The van der Waals surface area contributed by atoms with Gasteiger partial charge in [0.15, 0.2) is 5.78 Å². The Morgan fingerprint density at radius 3 is 2.43 bits per heavy atom. The highest BCUT2D eigenvalue weighted by molar-refractivity contribution is 6.31. The second kappa shape index (κ2) is 6.89. The summed E-state index contributed by atoms with van der Waals surface area (Å²) in [6, 6.07) is 4.57. The van der Waals surface area contributed by atoms with Gasteiger partial charge < -0.3 is 0 Å². The average Bonchev–Trinajstić information content (AvgIpc) is 3.00. The third-order valence-corrected chi connectivity index (χ3v) is 5.15. The summed E-state index contributed by atoms with van der Waals surface area (Å²) < 4.78 is 13.9. The van der Waals surface area contributed by atoms with Crippen LogP contribution in [0.3, 0.4) is 0 Å². The normalized spacial score (nSPS) is 16.4. The molecule has 1 aromatic rings. The molecule has 2 nitrogen and oxygen atoms in total. The quantitative estimate of drug-likeness (QED) is 0.783. The maximum Gasteiger partial charge on any atom is 0.157 e. The van der Waals surface area contributed by atoms with Crippen LogP contribution < -0.4 is 0 Å². The molecule has 0 unspecified atom stereocenters. The Kier molecular flexibility index (Phi) is 5.39. The van der Waals surface area contributed by atoms with Crippen molar-refractivity contribution in [2.24, 2.45) is 0 Å². The van der Waals surface area contributed by atoms with E-state index in [2.05, 4.69) is 4.90 Å². The fraction of sp³-hybridized carbons (Fsp3) is 0.588. The van der Waals surface area contributed by atoms with Crippen molar-refractivity contribution < 1.29 is 9.18 Å². The summed E-state index contributed by atoms with van der Waals surface area (Å²) in [5, 5.41) is 0.339. The molecule has 0 bridgehead atoms. The zero-order valence-electron chi connectivity index (χ0n) is 12.8. The van der Waals surface area contributed by atoms with Gasteiger partial charge in [0.05, 0.1) is 5.54 Å². The third-order valence-electron chi connectivity index (χ3n) is 4.80. The van der Waals surface area contributed by atoms with Gasteiger partial charge in [-0.1, -0.05) is 31.5 Å². The zero-order valence-corrected chi connectivity index (χ0v) is 13.5. The summed E-state index contributed by atoms with van der Waals surface area (Å²) in [4.78, 5) is 15.2. The van der Waals surface area contributed by atoms with E-state index in [1.165, 1.54) is 6.07 Å². The molecule has 1 aromatic carbocycles. The zero-order chi connectivity index (χ0) is 15.5. The van der Waals surface area contributed by atoms with Crippen LogP contribution in [0.2, 0.25) is 5.02 Å². The lowest BCUT2D eigenvalue weighted by Crippen LogP contribution is -2.53. The number of carbonyl (C=O) groups excluding carboxylic acids is 1. The number of ketones is 1. The van der Waals surface area contributed by atoms with Crippen LogP contribution in [0.15, 0.2) is 18.2 Å². The van der Waals surface area contributed by atoms with Crippen molar-refractivity contribution in [1.82, 2.24) is 4.90 Å². The number of Topliss-reactive ketones (excluding diaryl/α,β-unsaturated/α-hetero) is 1. The molecule has 116 valence electrons. The van der Waals surface area contributed by atoms with Crippen molar-refractivity contribution in [2.75, 3.05) is 13.1 Å². The molecule has 1 aliphatic heterocycles. The lowest BCUT2D eigenvalue weighted by Gasteiger charge is -2.39. The van der Waals surface area contributed by atoms with E-state index in [0.29, 0.717) is 10.6 Å². The van der Waals surface area contributed by atoms with Gasteiger partial charge in [-0.05, 0) is 50.9 Å². The molecule has 4 heteroatoms. The average molecular weight is 312 g/mol. The molecule has 0 spiro atoms. The summed E-state index contributed by atoms with van der Waals surface area (Å²) in [7, 11) is 0. The van der Waals surface area contributed by atoms with Gasteiger partial charge in [0, 0.05) is 17.0 Å². The molecule has 2 rings (SSSR count). The maximum atomic E-state index is 13.9. The molecular formula is C17H23ClFNO. The monoisotopic (exact) mass is 311 g/mol. The van der Waals surface area contributed by atoms with E-state index in [1.54, 1.807) is 12.1 Å². The Morgan fingerprint density at radius 1 is 1.29 bits per heavy atom. The molecule has 1 fully saturated rings. The van der Waals surface area contributed by atoms with Crippen LogP contribution in [-0.4, -0.2) is 29.3 Å². The number of halogens is 2. The summed E-state index contributed by atoms with van der Waals surface area (Å²) in [6.07, 6.45) is 3.86. The van der Waals surface area contributed by atoms with E-state index >= 15 is 0 Å². The highest BCUT2D eigenvalue weighted by atomic mass is 35.5. The molecule has 1 saturated heterocycles. The highest BCUT2D eigenvalue weighted by Gasteiger charge is 2.41. The first-order valence-electron chi connectivity index (χ1n) is 7.76. The number of nitrogens with zero attached hydrogens (tertiary/aromatic N) is 1. The minimum atomic E-state index is -0.470. The van der Waals surface area contributed by atoms with Crippen LogP contribution >= 0.6 is 11.6 Å². The first-order chi connectivity index (χ1) is 10.0. The van der Waals surface area contributed by atoms with Crippen LogP contribution in [0.5, 0.6) is 0 Å². The van der Waals surface area contributed by atoms with E-state index < -0.39 is 11.4 Å². The summed E-state index contributed by atoms with van der Waals surface area (Å²) in [5.41, 5.74) is -0.142. The summed E-state index contributed by atoms with van der Waals surface area (Å²) in [6.45, 7) is 6.00. The first-order valence-corrected chi connectivity index (χ1v) is 8.14. The van der Waals surface area contributed by atoms with Crippen molar-refractivity contribution in [3.8, 4) is 0 Å². The maximum absolute atomic E-state index is 13.9. The van der Waals surface area contributed by atoms with Crippen molar-refractivity contribution in [2.45, 2.75) is 51.5 Å². The van der Waals surface area contributed by atoms with Gasteiger partial charge in [-0.2, -0.15) is 0 Å². The predicted octanol–water partition coefficient (Wildman–Crippen LogP) is 4.25. The molecule has 0 N–H and O–H groups in total. The van der Waals surface area contributed by atoms with Gasteiger partial charge in [-0.25, -0.2) is 4.39 Å². The Hall–Kier alpha value is -0.930. The molecule has 0 saturated carbocycles. The number of hydrogen-bond acceptors (Lipinski definition) is 2. The molecule has 0 amide bonds. The molecule has 0 atom stereocenters. The molecule has 0 aromatic heterocycles. The number of likely N-dealkylation sites (tertiary alicyclic amines) is 1. The Morgan fingerprint density at radius 2 is 1.90 bits per heavy atom. The molecule has 1 heterocycles. The highest BCUT2D eigenvalue weighted by Crippen LogP contribution is 2.31. The molecular weight excluding hydrogens is 289 g/mol. The van der Waals surface area contributed by atoms with Gasteiger partial charge in [-0.3, -0.25) is 9.69 Å². The van der Waals surface area contributed by atoms with Crippen molar-refractivity contribution >= 4 is 17.4 Å². The van der Waals surface area contributed by atoms with E-state index in [4.69, 9.17) is 11.6 Å². The Balaban J connectivity index is 2.27. The van der Waals surface area contributed by atoms with Gasteiger partial charge in [0.1, 0.15) is 5.82 Å². The second-order valence-electron chi connectivity index (χ2n) is 5.73. The smallest absolute Gasteiger partial charge is 0.157 e. The number of benzene rings is 1. The predicted molar refractivity (Wildman–Crippen MR) is 84.2 cm³/mol. The van der Waals surface area contributed by atoms with Gasteiger partial charge in [0.2, 0.25) is 0 Å². The van der Waals surface area contributed by atoms with Crippen LogP contribution in [0.25, 0.3) is 0 Å². The summed E-state index contributed by atoms with van der Waals surface area (Å²) in [5.74, 6) is -0.306. The molecule has 0 aliphatic carbocycles. The van der Waals surface area contributed by atoms with Gasteiger partial charge in [0.25, 0.3) is 0 Å². The van der Waals surface area contributed by atoms with Crippen LogP contribution in [0, 0.1) is 5.82 Å². The Bertz CT molecular complexity index is 487. The van der Waals surface area contributed by atoms with Crippen molar-refractivity contribution in [3.63, 3.8) is 0 Å². The topological polar surface area (TPSA) is 20.3 Å². The van der Waals surface area contributed by atoms with Crippen LogP contribution in [0.4, 0.5) is 4.39 Å². The van der Waals surface area contributed by atoms with E-state index in [-0.39, 0.29) is 12.2 Å². The van der Waals surface area contributed by atoms with E-state index in [0.717, 1.165) is 38.8 Å². The lowest BCUT2D eigenvalue weighted by molar-refractivity contribution is -0.130. The van der Waals surface area contributed by atoms with Gasteiger partial charge in [-0.15, -0.1) is 0 Å². The van der Waals surface area contributed by atoms with Crippen LogP contribution in [-0.2, 0) is 11.2 Å². The molecule has 21 heavy (non-hydrogen) atoms. The van der Waals surface area contributed by atoms with Gasteiger partial charge >= 0.3 is 0 Å². The summed E-state index contributed by atoms with van der Waals surface area (Å²) >= 11 is 6.06. The van der Waals surface area contributed by atoms with Crippen LogP contribution in [0.1, 0.15) is 45.1 Å². The minimum absolute atomic E-state index is 0.0731. The number of rotatable bonds is 6. The standard InChI is InChI=1S/C17H23ClFNO/c1-3-17(4-2,20-10-5-6-11-20)16(21)12-13-14(18)8-7-9-15(13)19/h7-9H,3-6,10-12H2,1-2H3. The lowest BCUT2D eigenvalue weighted by atomic mass is 9.83. The van der Waals surface area contributed by atoms with Crippen molar-refractivity contribution in [3.05, 3.63) is 34.6 Å². The number of carbonyl (C=O) groups is 1. The van der Waals surface area contributed by atoms with Crippen molar-refractivity contribution in [1.29, 1.82) is 0 Å². The largest absolute Gasteiger partial charge is 0.297 e. The number of hydrogen-bond donors (Lipinski definition) is 0. The van der Waals surface area contributed by atoms with E-state index in [1.807, 2.05) is 13.8 Å².